The lowest BCUT2D eigenvalue weighted by Crippen LogP contribution is -2.22. The zero-order valence-corrected chi connectivity index (χ0v) is 23.4. The highest BCUT2D eigenvalue weighted by Crippen LogP contribution is 2.45. The van der Waals surface area contributed by atoms with Crippen LogP contribution in [0.25, 0.3) is 0 Å². The van der Waals surface area contributed by atoms with Crippen LogP contribution in [-0.4, -0.2) is 26.3 Å². The topological polar surface area (TPSA) is 113 Å². The molecule has 4 rings (SSSR count). The van der Waals surface area contributed by atoms with Gasteiger partial charge in [-0.05, 0) is 61.1 Å². The van der Waals surface area contributed by atoms with E-state index in [9.17, 15) is 10.1 Å². The first-order valence-electron chi connectivity index (χ1n) is 13.1. The van der Waals surface area contributed by atoms with E-state index >= 15 is 0 Å². The van der Waals surface area contributed by atoms with Crippen LogP contribution in [0.5, 0.6) is 28.7 Å². The Balaban J connectivity index is 1.56. The van der Waals surface area contributed by atoms with Crippen LogP contribution in [-0.2, 0) is 4.79 Å². The molecule has 3 aromatic rings. The predicted molar refractivity (Wildman–Crippen MR) is 151 cm³/mol. The van der Waals surface area contributed by atoms with Crippen molar-refractivity contribution in [1.29, 1.82) is 5.26 Å². The van der Waals surface area contributed by atoms with Crippen molar-refractivity contribution in [2.24, 2.45) is 11.7 Å². The minimum absolute atomic E-state index is 0.0157. The standard InChI is InChI=1S/C32H34N2O6/c1-19(2)13-14-37-26-12-9-22(15-28(26)36-5)30-24-11-10-23(16-27(24)40-32(34)25(30)17-33)39-29(35)18-38-31-20(3)7-6-8-21(31)4/h6-12,15-16,19,30H,13-14,18,34H2,1-5H3. The molecule has 0 saturated heterocycles. The van der Waals surface area contributed by atoms with Crippen LogP contribution in [0, 0.1) is 31.1 Å². The summed E-state index contributed by atoms with van der Waals surface area (Å²) in [5.74, 6) is 1.93. The summed E-state index contributed by atoms with van der Waals surface area (Å²) in [4.78, 5) is 12.5. The Kier molecular flexibility index (Phi) is 8.85. The van der Waals surface area contributed by atoms with E-state index in [1.807, 2.05) is 50.2 Å². The van der Waals surface area contributed by atoms with Crippen LogP contribution in [0.15, 0.2) is 66.1 Å². The van der Waals surface area contributed by atoms with Gasteiger partial charge >= 0.3 is 5.97 Å². The van der Waals surface area contributed by atoms with Gasteiger partial charge < -0.3 is 29.4 Å². The Bertz CT molecular complexity index is 1450. The number of ether oxygens (including phenoxy) is 5. The average molecular weight is 543 g/mol. The lowest BCUT2D eigenvalue weighted by molar-refractivity contribution is -0.136. The molecule has 2 N–H and O–H groups in total. The van der Waals surface area contributed by atoms with Crippen LogP contribution in [0.3, 0.4) is 0 Å². The Morgan fingerprint density at radius 2 is 1.80 bits per heavy atom. The van der Waals surface area contributed by atoms with Gasteiger partial charge in [0.1, 0.15) is 28.9 Å². The fourth-order valence-electron chi connectivity index (χ4n) is 4.55. The number of carbonyl (C=O) groups excluding carboxylic acids is 1. The molecular formula is C32H34N2O6. The monoisotopic (exact) mass is 542 g/mol. The van der Waals surface area contributed by atoms with E-state index in [2.05, 4.69) is 19.9 Å². The van der Waals surface area contributed by atoms with E-state index in [4.69, 9.17) is 29.4 Å². The minimum Gasteiger partial charge on any atom is -0.493 e. The second-order valence-electron chi connectivity index (χ2n) is 10.0. The summed E-state index contributed by atoms with van der Waals surface area (Å²) in [7, 11) is 1.58. The number of hydrogen-bond donors (Lipinski definition) is 1. The van der Waals surface area contributed by atoms with Gasteiger partial charge in [0.25, 0.3) is 0 Å². The maximum atomic E-state index is 12.5. The smallest absolute Gasteiger partial charge is 0.349 e. The number of benzene rings is 3. The maximum absolute atomic E-state index is 12.5. The molecule has 0 aromatic heterocycles. The quantitative estimate of drug-likeness (QED) is 0.247. The number of para-hydroxylation sites is 1. The molecule has 3 aromatic carbocycles. The van der Waals surface area contributed by atoms with Crippen molar-refractivity contribution in [3.8, 4) is 34.8 Å². The molecular weight excluding hydrogens is 508 g/mol. The molecule has 208 valence electrons. The van der Waals surface area contributed by atoms with E-state index < -0.39 is 11.9 Å². The van der Waals surface area contributed by atoms with Gasteiger partial charge in [-0.3, -0.25) is 0 Å². The van der Waals surface area contributed by atoms with Crippen molar-refractivity contribution in [3.05, 3.63) is 88.3 Å². The van der Waals surface area contributed by atoms with Crippen LogP contribution in [0.4, 0.5) is 0 Å². The minimum atomic E-state index is -0.561. The summed E-state index contributed by atoms with van der Waals surface area (Å²) in [6, 6.07) is 18.5. The second-order valence-corrected chi connectivity index (χ2v) is 10.0. The number of aryl methyl sites for hydroxylation is 2. The first kappa shape index (κ1) is 28.4. The molecule has 1 atom stereocenters. The number of fused-ring (bicyclic) bond motifs is 1. The molecule has 8 heteroatoms. The highest BCUT2D eigenvalue weighted by atomic mass is 16.6. The normalized spacial score (nSPS) is 14.2. The Morgan fingerprint density at radius 1 is 1.05 bits per heavy atom. The number of nitriles is 1. The van der Waals surface area contributed by atoms with E-state index in [-0.39, 0.29) is 23.8 Å². The lowest BCUT2D eigenvalue weighted by Gasteiger charge is -2.27. The Labute approximate surface area is 234 Å². The summed E-state index contributed by atoms with van der Waals surface area (Å²) < 4.78 is 28.5. The van der Waals surface area contributed by atoms with Crippen LogP contribution in [0.1, 0.15) is 48.4 Å². The number of rotatable bonds is 10. The molecule has 0 amide bonds. The molecule has 1 heterocycles. The van der Waals surface area contributed by atoms with E-state index in [0.717, 1.165) is 23.1 Å². The number of nitrogens with two attached hydrogens (primary N) is 1. The largest absolute Gasteiger partial charge is 0.493 e. The van der Waals surface area contributed by atoms with E-state index in [0.29, 0.717) is 41.1 Å². The number of allylic oxidation sites excluding steroid dienone is 1. The van der Waals surface area contributed by atoms with Gasteiger partial charge in [-0.1, -0.05) is 44.2 Å². The summed E-state index contributed by atoms with van der Waals surface area (Å²) in [6.45, 7) is 8.43. The van der Waals surface area contributed by atoms with Crippen molar-refractivity contribution in [2.75, 3.05) is 20.3 Å². The first-order chi connectivity index (χ1) is 19.2. The predicted octanol–water partition coefficient (Wildman–Crippen LogP) is 5.94. The Hall–Kier alpha value is -4.64. The first-order valence-corrected chi connectivity index (χ1v) is 13.1. The fraction of sp³-hybridized carbons (Fsp3) is 0.312. The van der Waals surface area contributed by atoms with Crippen LogP contribution < -0.4 is 29.4 Å². The average Bonchev–Trinajstić information content (AvgIpc) is 2.92. The number of nitrogens with zero attached hydrogens (tertiary/aromatic N) is 1. The molecule has 0 spiro atoms. The molecule has 1 aliphatic rings. The van der Waals surface area contributed by atoms with Crippen molar-refractivity contribution < 1.29 is 28.5 Å². The van der Waals surface area contributed by atoms with E-state index in [1.165, 1.54) is 0 Å². The molecule has 0 bridgehead atoms. The van der Waals surface area contributed by atoms with Crippen molar-refractivity contribution in [2.45, 2.75) is 40.0 Å². The number of carbonyl (C=O) groups is 1. The van der Waals surface area contributed by atoms with Crippen LogP contribution in [0.2, 0.25) is 0 Å². The summed E-state index contributed by atoms with van der Waals surface area (Å²) >= 11 is 0. The Morgan fingerprint density at radius 3 is 2.48 bits per heavy atom. The zero-order valence-electron chi connectivity index (χ0n) is 23.4. The summed E-state index contributed by atoms with van der Waals surface area (Å²) in [5, 5.41) is 9.93. The maximum Gasteiger partial charge on any atom is 0.349 e. The third-order valence-corrected chi connectivity index (χ3v) is 6.64. The molecule has 8 nitrogen and oxygen atoms in total. The van der Waals surface area contributed by atoms with Crippen molar-refractivity contribution in [1.82, 2.24) is 0 Å². The number of hydrogen-bond acceptors (Lipinski definition) is 8. The third kappa shape index (κ3) is 6.32. The molecule has 1 unspecified atom stereocenters. The number of methoxy groups -OCH3 is 1. The van der Waals surface area contributed by atoms with Crippen molar-refractivity contribution >= 4 is 5.97 Å². The lowest BCUT2D eigenvalue weighted by atomic mass is 9.83. The van der Waals surface area contributed by atoms with Gasteiger partial charge in [-0.15, -0.1) is 0 Å². The molecule has 1 aliphatic heterocycles. The van der Waals surface area contributed by atoms with Crippen LogP contribution >= 0.6 is 0 Å². The van der Waals surface area contributed by atoms with Gasteiger partial charge in [0.05, 0.1) is 19.6 Å². The fourth-order valence-corrected chi connectivity index (χ4v) is 4.55. The molecule has 40 heavy (non-hydrogen) atoms. The van der Waals surface area contributed by atoms with Gasteiger partial charge in [-0.2, -0.15) is 5.26 Å². The van der Waals surface area contributed by atoms with Crippen molar-refractivity contribution in [3.63, 3.8) is 0 Å². The highest BCUT2D eigenvalue weighted by molar-refractivity contribution is 5.74. The molecule has 0 fully saturated rings. The van der Waals surface area contributed by atoms with Gasteiger partial charge in [0.2, 0.25) is 5.88 Å². The third-order valence-electron chi connectivity index (χ3n) is 6.64. The summed E-state index contributed by atoms with van der Waals surface area (Å²) in [5.41, 5.74) is 9.79. The van der Waals surface area contributed by atoms with E-state index in [1.54, 1.807) is 25.3 Å². The molecule has 0 aliphatic carbocycles. The van der Waals surface area contributed by atoms with Gasteiger partial charge in [0, 0.05) is 11.6 Å². The second kappa shape index (κ2) is 12.5. The highest BCUT2D eigenvalue weighted by Gasteiger charge is 2.32. The summed E-state index contributed by atoms with van der Waals surface area (Å²) in [6.07, 6.45) is 0.917. The SMILES string of the molecule is COc1cc(C2C(C#N)=C(N)Oc3cc(OC(=O)COc4c(C)cccc4C)ccc32)ccc1OCCC(C)C. The van der Waals surface area contributed by atoms with Gasteiger partial charge in [0.15, 0.2) is 18.1 Å². The number of esters is 1. The molecule has 0 saturated carbocycles. The zero-order chi connectivity index (χ0) is 28.8. The molecule has 0 radical (unpaired) electrons. The van der Waals surface area contributed by atoms with Gasteiger partial charge in [-0.25, -0.2) is 4.79 Å².